The van der Waals surface area contributed by atoms with E-state index in [-0.39, 0.29) is 6.42 Å². The van der Waals surface area contributed by atoms with Gasteiger partial charge in [0.05, 0.1) is 19.3 Å². The maximum Gasteiger partial charge on any atom is 0.307 e. The first-order valence-electron chi connectivity index (χ1n) is 12.1. The Morgan fingerprint density at radius 3 is 2.63 bits per heavy atom. The molecule has 178 valence electrons. The number of ether oxygens (including phenoxy) is 1. The Kier molecular flexibility index (Phi) is 6.32. The first kappa shape index (κ1) is 22.8. The molecular weight excluding hydrogens is 438 g/mol. The number of carboxylic acids is 1. The van der Waals surface area contributed by atoms with E-state index in [4.69, 9.17) is 14.3 Å². The minimum Gasteiger partial charge on any atom is -0.493 e. The summed E-state index contributed by atoms with van der Waals surface area (Å²) in [5.74, 6) is 0.0456. The number of aromatic nitrogens is 1. The Morgan fingerprint density at radius 2 is 1.86 bits per heavy atom. The zero-order chi connectivity index (χ0) is 24.4. The smallest absolute Gasteiger partial charge is 0.307 e. The van der Waals surface area contributed by atoms with Crippen molar-refractivity contribution in [2.75, 3.05) is 6.61 Å². The van der Waals surface area contributed by atoms with E-state index in [1.165, 1.54) is 0 Å². The zero-order valence-electron chi connectivity index (χ0n) is 20.1. The Labute approximate surface area is 204 Å². The van der Waals surface area contributed by atoms with Gasteiger partial charge in [-0.2, -0.15) is 0 Å². The molecule has 5 aromatic rings. The number of hydrogen-bond acceptors (Lipinski definition) is 3. The van der Waals surface area contributed by atoms with E-state index in [1.54, 1.807) is 0 Å². The monoisotopic (exact) mass is 467 g/mol. The average Bonchev–Trinajstić information content (AvgIpc) is 3.42. The summed E-state index contributed by atoms with van der Waals surface area (Å²) in [6, 6.07) is 20.2. The van der Waals surface area contributed by atoms with Gasteiger partial charge in [-0.3, -0.25) is 4.79 Å². The van der Waals surface area contributed by atoms with Crippen LogP contribution in [0.15, 0.2) is 71.3 Å². The number of H-pyrrole nitrogens is 1. The molecule has 2 N–H and O–H groups in total. The molecule has 0 amide bonds. The second-order valence-electron chi connectivity index (χ2n) is 8.96. The molecule has 0 spiro atoms. The third-order valence-corrected chi connectivity index (χ3v) is 6.58. The van der Waals surface area contributed by atoms with Gasteiger partial charge in [0.25, 0.3) is 0 Å². The molecule has 0 atom stereocenters. The maximum absolute atomic E-state index is 11.1. The summed E-state index contributed by atoms with van der Waals surface area (Å²) in [7, 11) is 0. The van der Waals surface area contributed by atoms with Crippen LogP contribution in [0.5, 0.6) is 5.75 Å². The summed E-state index contributed by atoms with van der Waals surface area (Å²) in [6.07, 6.45) is 4.48. The minimum atomic E-state index is -0.821. The highest BCUT2D eigenvalue weighted by Crippen LogP contribution is 2.37. The van der Waals surface area contributed by atoms with E-state index >= 15 is 0 Å². The van der Waals surface area contributed by atoms with Crippen molar-refractivity contribution in [2.45, 2.75) is 39.5 Å². The average molecular weight is 468 g/mol. The summed E-state index contributed by atoms with van der Waals surface area (Å²) in [5.41, 5.74) is 8.32. The van der Waals surface area contributed by atoms with Crippen LogP contribution in [0.25, 0.3) is 33.0 Å². The summed E-state index contributed by atoms with van der Waals surface area (Å²) < 4.78 is 12.3. The third kappa shape index (κ3) is 4.54. The van der Waals surface area contributed by atoms with E-state index in [2.05, 4.69) is 43.1 Å². The predicted molar refractivity (Wildman–Crippen MR) is 139 cm³/mol. The van der Waals surface area contributed by atoms with Crippen LogP contribution in [0.3, 0.4) is 0 Å². The van der Waals surface area contributed by atoms with Crippen molar-refractivity contribution in [3.8, 4) is 16.9 Å². The molecule has 0 fully saturated rings. The number of hydrogen-bond donors (Lipinski definition) is 2. The largest absolute Gasteiger partial charge is 0.493 e. The van der Waals surface area contributed by atoms with Crippen molar-refractivity contribution < 1.29 is 19.1 Å². The fourth-order valence-electron chi connectivity index (χ4n) is 4.83. The fraction of sp³-hybridized carbons (Fsp3) is 0.233. The Bertz CT molecular complexity index is 1490. The summed E-state index contributed by atoms with van der Waals surface area (Å²) in [6.45, 7) is 4.77. The summed E-state index contributed by atoms with van der Waals surface area (Å²) >= 11 is 0. The van der Waals surface area contributed by atoms with Gasteiger partial charge in [-0.15, -0.1) is 0 Å². The molecular formula is C30H29NO4. The molecule has 3 aromatic carbocycles. The van der Waals surface area contributed by atoms with Gasteiger partial charge in [-0.1, -0.05) is 49.7 Å². The van der Waals surface area contributed by atoms with E-state index < -0.39 is 5.97 Å². The van der Waals surface area contributed by atoms with Gasteiger partial charge in [-0.05, 0) is 54.3 Å². The standard InChI is InChI=1S/C30H29NO4/c1-3-7-23-28(13-11-22-25(18-35-30(22)23)21-8-5-4-6-9-21)34-15-14-26-19(2)24-16-20(17-29(32)33)10-12-27(24)31-26/h4-6,8-13,16,18,31H,3,7,14-15,17H2,1-2H3,(H,32,33). The number of aromatic amines is 1. The fourth-order valence-corrected chi connectivity index (χ4v) is 4.83. The Morgan fingerprint density at radius 1 is 1.03 bits per heavy atom. The highest BCUT2D eigenvalue weighted by molar-refractivity contribution is 5.96. The van der Waals surface area contributed by atoms with Gasteiger partial charge >= 0.3 is 5.97 Å². The molecule has 5 rings (SSSR count). The first-order valence-corrected chi connectivity index (χ1v) is 12.1. The molecule has 0 aliphatic rings. The van der Waals surface area contributed by atoms with E-state index in [0.29, 0.717) is 6.61 Å². The summed E-state index contributed by atoms with van der Waals surface area (Å²) in [4.78, 5) is 14.5. The Hall–Kier alpha value is -3.99. The molecule has 0 saturated carbocycles. The lowest BCUT2D eigenvalue weighted by atomic mass is 10.0. The van der Waals surface area contributed by atoms with Crippen LogP contribution in [-0.2, 0) is 24.1 Å². The van der Waals surface area contributed by atoms with E-state index in [0.717, 1.165) is 80.4 Å². The van der Waals surface area contributed by atoms with Crippen LogP contribution in [0.2, 0.25) is 0 Å². The minimum absolute atomic E-state index is 0.0282. The number of nitrogens with one attached hydrogen (secondary N) is 1. The molecule has 2 aromatic heterocycles. The first-order chi connectivity index (χ1) is 17.0. The van der Waals surface area contributed by atoms with Crippen LogP contribution >= 0.6 is 0 Å². The van der Waals surface area contributed by atoms with Crippen LogP contribution in [0.4, 0.5) is 0 Å². The van der Waals surface area contributed by atoms with Crippen molar-refractivity contribution in [3.05, 3.63) is 89.3 Å². The number of aliphatic carboxylic acids is 1. The highest BCUT2D eigenvalue weighted by Gasteiger charge is 2.16. The molecule has 0 radical (unpaired) electrons. The van der Waals surface area contributed by atoms with E-state index in [1.807, 2.05) is 42.7 Å². The predicted octanol–water partition coefficient (Wildman–Crippen LogP) is 7.09. The van der Waals surface area contributed by atoms with Crippen LogP contribution in [0, 0.1) is 6.92 Å². The van der Waals surface area contributed by atoms with E-state index in [9.17, 15) is 4.79 Å². The maximum atomic E-state index is 11.1. The molecule has 0 aliphatic carbocycles. The number of carboxylic acid groups (broad SMARTS) is 1. The molecule has 35 heavy (non-hydrogen) atoms. The van der Waals surface area contributed by atoms with Crippen molar-refractivity contribution in [1.82, 2.24) is 4.98 Å². The van der Waals surface area contributed by atoms with Crippen LogP contribution < -0.4 is 4.74 Å². The highest BCUT2D eigenvalue weighted by atomic mass is 16.5. The lowest BCUT2D eigenvalue weighted by Gasteiger charge is -2.12. The number of rotatable bonds is 9. The molecule has 0 unspecified atom stereocenters. The van der Waals surface area contributed by atoms with Crippen molar-refractivity contribution in [2.24, 2.45) is 0 Å². The number of benzene rings is 3. The SMILES string of the molecule is CCCc1c(OCCc2[nH]c3ccc(CC(=O)O)cc3c2C)ccc2c(-c3ccccc3)coc12. The molecule has 0 saturated heterocycles. The van der Waals surface area contributed by atoms with Crippen molar-refractivity contribution in [1.29, 1.82) is 0 Å². The number of fused-ring (bicyclic) bond motifs is 2. The van der Waals surface area contributed by atoms with Gasteiger partial charge < -0.3 is 19.2 Å². The zero-order valence-corrected chi connectivity index (χ0v) is 20.1. The van der Waals surface area contributed by atoms with Crippen molar-refractivity contribution in [3.63, 3.8) is 0 Å². The number of aryl methyl sites for hydroxylation is 2. The van der Waals surface area contributed by atoms with Crippen LogP contribution in [0.1, 0.15) is 35.7 Å². The normalized spacial score (nSPS) is 11.4. The van der Waals surface area contributed by atoms with Gasteiger partial charge in [-0.25, -0.2) is 0 Å². The lowest BCUT2D eigenvalue weighted by Crippen LogP contribution is -2.05. The molecule has 0 aliphatic heterocycles. The topological polar surface area (TPSA) is 75.5 Å². The van der Waals surface area contributed by atoms with Gasteiger partial charge in [0.15, 0.2) is 0 Å². The lowest BCUT2D eigenvalue weighted by molar-refractivity contribution is -0.136. The number of carbonyl (C=O) groups is 1. The molecule has 5 heteroatoms. The molecule has 0 bridgehead atoms. The number of furan rings is 1. The van der Waals surface area contributed by atoms with Crippen molar-refractivity contribution >= 4 is 27.8 Å². The van der Waals surface area contributed by atoms with Gasteiger partial charge in [0.1, 0.15) is 11.3 Å². The van der Waals surface area contributed by atoms with Gasteiger partial charge in [0, 0.05) is 39.5 Å². The van der Waals surface area contributed by atoms with Gasteiger partial charge in [0.2, 0.25) is 0 Å². The van der Waals surface area contributed by atoms with Crippen LogP contribution in [-0.4, -0.2) is 22.7 Å². The molecule has 2 heterocycles. The quantitative estimate of drug-likeness (QED) is 0.243. The second kappa shape index (κ2) is 9.71. The Balaban J connectivity index is 1.37. The summed E-state index contributed by atoms with van der Waals surface area (Å²) in [5, 5.41) is 11.3. The third-order valence-electron chi connectivity index (χ3n) is 6.58. The molecule has 5 nitrogen and oxygen atoms in total. The second-order valence-corrected chi connectivity index (χ2v) is 8.96.